The van der Waals surface area contributed by atoms with E-state index in [1.165, 1.54) is 7.11 Å². The highest BCUT2D eigenvalue weighted by molar-refractivity contribution is 5.94. The van der Waals surface area contributed by atoms with Crippen LogP contribution in [0.1, 0.15) is 24.2 Å². The average molecular weight is 232 g/mol. The maximum Gasteiger partial charge on any atom is 0.341 e. The number of methoxy groups -OCH3 is 1. The first-order valence-electron chi connectivity index (χ1n) is 5.36. The Morgan fingerprint density at radius 2 is 2.29 bits per heavy atom. The first-order valence-corrected chi connectivity index (χ1v) is 5.36. The summed E-state index contributed by atoms with van der Waals surface area (Å²) in [6.07, 6.45) is 7.02. The maximum absolute atomic E-state index is 11.5. The number of nitrogens with one attached hydrogen (secondary N) is 1. The molecular weight excluding hydrogens is 216 g/mol. The number of pyridine rings is 1. The van der Waals surface area contributed by atoms with Crippen LogP contribution in [0.25, 0.3) is 0 Å². The van der Waals surface area contributed by atoms with Crippen LogP contribution in [0, 0.1) is 18.3 Å². The molecule has 1 unspecified atom stereocenters. The van der Waals surface area contributed by atoms with Gasteiger partial charge in [0, 0.05) is 6.20 Å². The first kappa shape index (κ1) is 13.0. The van der Waals surface area contributed by atoms with Crippen LogP contribution < -0.4 is 5.32 Å². The minimum atomic E-state index is -0.430. The molecule has 4 heteroatoms. The molecular formula is C13H16N2O2. The molecule has 90 valence electrons. The van der Waals surface area contributed by atoms with E-state index in [-0.39, 0.29) is 12.0 Å². The quantitative estimate of drug-likeness (QED) is 0.636. The van der Waals surface area contributed by atoms with E-state index in [0.29, 0.717) is 11.4 Å². The molecule has 1 N–H and O–H groups in total. The van der Waals surface area contributed by atoms with Crippen molar-refractivity contribution in [3.8, 4) is 12.3 Å². The second-order valence-corrected chi connectivity index (χ2v) is 3.92. The van der Waals surface area contributed by atoms with E-state index < -0.39 is 5.97 Å². The maximum atomic E-state index is 11.5. The van der Waals surface area contributed by atoms with E-state index in [0.717, 1.165) is 0 Å². The number of hydrogen-bond acceptors (Lipinski definition) is 4. The van der Waals surface area contributed by atoms with E-state index in [4.69, 9.17) is 6.42 Å². The van der Waals surface area contributed by atoms with Gasteiger partial charge < -0.3 is 10.1 Å². The molecule has 1 aromatic heterocycles. The van der Waals surface area contributed by atoms with E-state index in [9.17, 15) is 4.79 Å². The molecule has 0 amide bonds. The lowest BCUT2D eigenvalue weighted by atomic mass is 10.1. The Morgan fingerprint density at radius 1 is 1.59 bits per heavy atom. The molecule has 1 aromatic rings. The molecule has 1 heterocycles. The number of carbonyl (C=O) groups is 1. The fraction of sp³-hybridized carbons (Fsp3) is 0.385. The second-order valence-electron chi connectivity index (χ2n) is 3.92. The Morgan fingerprint density at radius 3 is 2.82 bits per heavy atom. The van der Waals surface area contributed by atoms with Gasteiger partial charge in [0.15, 0.2) is 0 Å². The molecule has 0 saturated carbocycles. The van der Waals surface area contributed by atoms with Gasteiger partial charge in [-0.1, -0.05) is 19.8 Å². The standard InChI is InChI=1S/C13H16N2O2/c1-5-11(9(2)3)15-12-10(13(16)17-4)7-6-8-14-12/h1,6-9,11H,2-4H3,(H,14,15). The monoisotopic (exact) mass is 232 g/mol. The molecule has 1 atom stereocenters. The average Bonchev–Trinajstić information content (AvgIpc) is 2.35. The van der Waals surface area contributed by atoms with Gasteiger partial charge in [0.2, 0.25) is 0 Å². The van der Waals surface area contributed by atoms with Crippen LogP contribution in [-0.2, 0) is 4.74 Å². The summed E-state index contributed by atoms with van der Waals surface area (Å²) in [5.74, 6) is 2.90. The Labute approximate surface area is 101 Å². The third-order valence-corrected chi connectivity index (χ3v) is 2.35. The smallest absolute Gasteiger partial charge is 0.341 e. The summed E-state index contributed by atoms with van der Waals surface area (Å²) < 4.78 is 4.68. The SMILES string of the molecule is C#CC(Nc1ncccc1C(=O)OC)C(C)C. The number of hydrogen-bond donors (Lipinski definition) is 1. The van der Waals surface area contributed by atoms with E-state index in [2.05, 4.69) is 21.0 Å². The number of terminal acetylenes is 1. The van der Waals surface area contributed by atoms with Crippen LogP contribution in [0.3, 0.4) is 0 Å². The van der Waals surface area contributed by atoms with Crippen molar-refractivity contribution in [1.29, 1.82) is 0 Å². The van der Waals surface area contributed by atoms with Crippen molar-refractivity contribution in [1.82, 2.24) is 4.98 Å². The molecule has 0 fully saturated rings. The lowest BCUT2D eigenvalue weighted by Crippen LogP contribution is -2.25. The van der Waals surface area contributed by atoms with Crippen LogP contribution in [0.5, 0.6) is 0 Å². The van der Waals surface area contributed by atoms with Crippen LogP contribution in [0.4, 0.5) is 5.82 Å². The van der Waals surface area contributed by atoms with Gasteiger partial charge in [-0.3, -0.25) is 0 Å². The largest absolute Gasteiger partial charge is 0.465 e. The molecule has 1 rings (SSSR count). The van der Waals surface area contributed by atoms with Crippen molar-refractivity contribution in [2.45, 2.75) is 19.9 Å². The van der Waals surface area contributed by atoms with Crippen molar-refractivity contribution in [3.63, 3.8) is 0 Å². The molecule has 4 nitrogen and oxygen atoms in total. The fourth-order valence-corrected chi connectivity index (χ4v) is 1.34. The van der Waals surface area contributed by atoms with Gasteiger partial charge >= 0.3 is 5.97 Å². The molecule has 0 aliphatic rings. The Kier molecular flexibility index (Phi) is 4.53. The van der Waals surface area contributed by atoms with Crippen LogP contribution in [0.2, 0.25) is 0 Å². The second kappa shape index (κ2) is 5.90. The number of anilines is 1. The summed E-state index contributed by atoms with van der Waals surface area (Å²) in [4.78, 5) is 15.6. The minimum Gasteiger partial charge on any atom is -0.465 e. The van der Waals surface area contributed by atoms with Crippen LogP contribution in [0.15, 0.2) is 18.3 Å². The summed E-state index contributed by atoms with van der Waals surface area (Å²) in [7, 11) is 1.33. The van der Waals surface area contributed by atoms with Crippen LogP contribution >= 0.6 is 0 Å². The van der Waals surface area contributed by atoms with Crippen molar-refractivity contribution < 1.29 is 9.53 Å². The number of ether oxygens (including phenoxy) is 1. The third-order valence-electron chi connectivity index (χ3n) is 2.35. The number of nitrogens with zero attached hydrogens (tertiary/aromatic N) is 1. The van der Waals surface area contributed by atoms with Crippen molar-refractivity contribution >= 4 is 11.8 Å². The number of aromatic nitrogens is 1. The van der Waals surface area contributed by atoms with Crippen LogP contribution in [-0.4, -0.2) is 24.1 Å². The molecule has 17 heavy (non-hydrogen) atoms. The molecule has 0 aliphatic heterocycles. The zero-order chi connectivity index (χ0) is 12.8. The van der Waals surface area contributed by atoms with Gasteiger partial charge in [-0.15, -0.1) is 6.42 Å². The summed E-state index contributed by atoms with van der Waals surface area (Å²) in [6, 6.07) is 3.15. The summed E-state index contributed by atoms with van der Waals surface area (Å²) >= 11 is 0. The van der Waals surface area contributed by atoms with Gasteiger partial charge in [0.1, 0.15) is 11.4 Å². The van der Waals surface area contributed by atoms with Gasteiger partial charge in [-0.2, -0.15) is 0 Å². The Hall–Kier alpha value is -2.02. The molecule has 0 spiro atoms. The zero-order valence-electron chi connectivity index (χ0n) is 10.2. The van der Waals surface area contributed by atoms with E-state index in [1.807, 2.05) is 13.8 Å². The zero-order valence-corrected chi connectivity index (χ0v) is 10.2. The number of rotatable bonds is 4. The molecule has 0 radical (unpaired) electrons. The van der Waals surface area contributed by atoms with Crippen molar-refractivity contribution in [2.75, 3.05) is 12.4 Å². The molecule has 0 aliphatic carbocycles. The first-order chi connectivity index (χ1) is 8.10. The normalized spacial score (nSPS) is 11.7. The van der Waals surface area contributed by atoms with E-state index >= 15 is 0 Å². The van der Waals surface area contributed by atoms with Gasteiger partial charge in [-0.25, -0.2) is 9.78 Å². The van der Waals surface area contributed by atoms with Crippen molar-refractivity contribution in [3.05, 3.63) is 23.9 Å². The molecule has 0 aromatic carbocycles. The number of carbonyl (C=O) groups excluding carboxylic acids is 1. The third kappa shape index (κ3) is 3.22. The molecule has 0 bridgehead atoms. The predicted molar refractivity (Wildman–Crippen MR) is 66.7 cm³/mol. The highest BCUT2D eigenvalue weighted by atomic mass is 16.5. The van der Waals surface area contributed by atoms with Gasteiger partial charge in [0.05, 0.1) is 13.2 Å². The fourth-order valence-electron chi connectivity index (χ4n) is 1.34. The highest BCUT2D eigenvalue weighted by Crippen LogP contribution is 2.16. The van der Waals surface area contributed by atoms with Gasteiger partial charge in [-0.05, 0) is 18.1 Å². The van der Waals surface area contributed by atoms with Crippen molar-refractivity contribution in [2.24, 2.45) is 5.92 Å². The highest BCUT2D eigenvalue weighted by Gasteiger charge is 2.16. The molecule has 0 saturated heterocycles. The minimum absolute atomic E-state index is 0.173. The van der Waals surface area contributed by atoms with E-state index in [1.54, 1.807) is 18.3 Å². The lowest BCUT2D eigenvalue weighted by molar-refractivity contribution is 0.0601. The summed E-state index contributed by atoms with van der Waals surface area (Å²) in [5, 5.41) is 3.06. The summed E-state index contributed by atoms with van der Waals surface area (Å²) in [5.41, 5.74) is 0.385. The number of esters is 1. The van der Waals surface area contributed by atoms with Gasteiger partial charge in [0.25, 0.3) is 0 Å². The predicted octanol–water partition coefficient (Wildman–Crippen LogP) is 1.94. The summed E-state index contributed by atoms with van der Waals surface area (Å²) in [6.45, 7) is 4.00. The lowest BCUT2D eigenvalue weighted by Gasteiger charge is -2.18. The Bertz CT molecular complexity index is 435. The topological polar surface area (TPSA) is 51.2 Å². The Balaban J connectivity index is 2.98.